The molecule has 0 aromatic rings. The highest BCUT2D eigenvalue weighted by atomic mass is 29.7. The van der Waals surface area contributed by atoms with Gasteiger partial charge in [-0.15, -0.1) is 0 Å². The van der Waals surface area contributed by atoms with Crippen LogP contribution in [0.1, 0.15) is 26.7 Å². The van der Waals surface area contributed by atoms with Crippen molar-refractivity contribution in [1.82, 2.24) is 0 Å². The summed E-state index contributed by atoms with van der Waals surface area (Å²) in [5, 5.41) is 0. The van der Waals surface area contributed by atoms with E-state index in [1.165, 1.54) is 6.92 Å². The molecule has 0 heterocycles. The monoisotopic (exact) mass is 610 g/mol. The van der Waals surface area contributed by atoms with Crippen LogP contribution in [0.15, 0.2) is 12.2 Å². The van der Waals surface area contributed by atoms with Crippen molar-refractivity contribution in [2.75, 3.05) is 19.8 Å². The minimum Gasteiger partial charge on any atom is -0.466 e. The lowest BCUT2D eigenvalue weighted by Crippen LogP contribution is -2.81. The molecule has 0 aromatic heterocycles. The van der Waals surface area contributed by atoms with Crippen LogP contribution in [0.2, 0.25) is 90.7 Å². The summed E-state index contributed by atoms with van der Waals surface area (Å²) in [6, 6.07) is 1.97. The molecule has 0 saturated carbocycles. The zero-order valence-corrected chi connectivity index (χ0v) is 32.1. The maximum absolute atomic E-state index is 11.3. The molecule has 0 rings (SSSR count). The van der Waals surface area contributed by atoms with Gasteiger partial charge >= 0.3 is 5.97 Å². The van der Waals surface area contributed by atoms with Crippen LogP contribution in [0.25, 0.3) is 0 Å². The van der Waals surface area contributed by atoms with Crippen LogP contribution in [-0.4, -0.2) is 73.8 Å². The Morgan fingerprint density at radius 2 is 1.11 bits per heavy atom. The fourth-order valence-electron chi connectivity index (χ4n) is 5.23. The lowest BCUT2D eigenvalue weighted by atomic mass is 10.4. The highest BCUT2D eigenvalue weighted by Gasteiger charge is 2.66. The molecule has 0 unspecified atom stereocenters. The van der Waals surface area contributed by atoms with Gasteiger partial charge in [0.15, 0.2) is 40.6 Å². The van der Waals surface area contributed by atoms with Crippen LogP contribution >= 0.6 is 0 Å². The Hall–Kier alpha value is 0.351. The Labute approximate surface area is 229 Å². The van der Waals surface area contributed by atoms with Crippen LogP contribution in [0.3, 0.4) is 0 Å². The Kier molecular flexibility index (Phi) is 14.3. The van der Waals surface area contributed by atoms with Crippen LogP contribution in [0, 0.1) is 0 Å². The summed E-state index contributed by atoms with van der Waals surface area (Å²) in [5.41, 5.74) is 1.05. The molecule has 0 aliphatic carbocycles. The molecule has 0 aromatic carbocycles. The average Bonchev–Trinajstić information content (AvgIpc) is 2.59. The number of hydrogen-bond donors (Lipinski definition) is 0. The van der Waals surface area contributed by atoms with E-state index in [2.05, 4.69) is 85.1 Å². The molecule has 36 heavy (non-hydrogen) atoms. The van der Waals surface area contributed by atoms with E-state index in [0.717, 1.165) is 30.5 Å². The van der Waals surface area contributed by atoms with Crippen molar-refractivity contribution in [2.24, 2.45) is 0 Å². The van der Waals surface area contributed by atoms with Gasteiger partial charge in [0.2, 0.25) is 7.35 Å². The molecule has 214 valence electrons. The van der Waals surface area contributed by atoms with Gasteiger partial charge < -0.3 is 21.8 Å². The molecule has 6 nitrogen and oxygen atoms in total. The van der Waals surface area contributed by atoms with E-state index in [4.69, 9.17) is 21.8 Å². The zero-order valence-electron chi connectivity index (χ0n) is 26.1. The smallest absolute Gasteiger partial charge is 0.302 e. The predicted molar refractivity (Wildman–Crippen MR) is 169 cm³/mol. The van der Waals surface area contributed by atoms with Crippen molar-refractivity contribution in [3.8, 4) is 0 Å². The van der Waals surface area contributed by atoms with Gasteiger partial charge in [-0.2, -0.15) is 0 Å². The second-order valence-electron chi connectivity index (χ2n) is 13.7. The zero-order chi connectivity index (χ0) is 28.6. The molecule has 0 atom stereocenters. The molecule has 0 N–H and O–H groups in total. The molecule has 0 saturated heterocycles. The minimum atomic E-state index is -2.51. The first-order valence-electron chi connectivity index (χ1n) is 13.4. The second-order valence-corrected chi connectivity index (χ2v) is 50.4. The summed E-state index contributed by atoms with van der Waals surface area (Å²) in [6.07, 6.45) is 1.78. The normalized spacial score (nSPS) is 14.2. The van der Waals surface area contributed by atoms with Crippen molar-refractivity contribution in [3.63, 3.8) is 0 Å². The topological polar surface area (TPSA) is 63.2 Å². The Bertz CT molecular complexity index is 685. The third-order valence-corrected chi connectivity index (χ3v) is 52.7. The van der Waals surface area contributed by atoms with Crippen molar-refractivity contribution >= 4 is 53.9 Å². The number of carbonyl (C=O) groups excluding carboxylic acids is 1. The van der Waals surface area contributed by atoms with Gasteiger partial charge in [-0.1, -0.05) is 12.2 Å². The summed E-state index contributed by atoms with van der Waals surface area (Å²) in [5.74, 6) is -0.219. The van der Waals surface area contributed by atoms with Crippen molar-refractivity contribution in [3.05, 3.63) is 12.2 Å². The van der Waals surface area contributed by atoms with E-state index < -0.39 is 48.0 Å². The number of carbonyl (C=O) groups is 1. The average molecular weight is 611 g/mol. The Morgan fingerprint density at radius 1 is 0.667 bits per heavy atom. The summed E-state index contributed by atoms with van der Waals surface area (Å²) in [4.78, 5) is 11.3. The number of ether oxygens (including phenoxy) is 2. The molecular formula is C24H58O6Si6. The largest absolute Gasteiger partial charge is 0.466 e. The summed E-state index contributed by atoms with van der Waals surface area (Å²) >= 11 is 0. The van der Waals surface area contributed by atoms with Crippen LogP contribution in [-0.2, 0) is 26.6 Å². The first-order valence-corrected chi connectivity index (χ1v) is 33.3. The summed E-state index contributed by atoms with van der Waals surface area (Å²) in [6.45, 7) is 37.3. The van der Waals surface area contributed by atoms with Crippen LogP contribution < -0.4 is 0 Å². The lowest BCUT2D eigenvalue weighted by Gasteiger charge is -2.56. The third kappa shape index (κ3) is 13.4. The van der Waals surface area contributed by atoms with Gasteiger partial charge in [0.1, 0.15) is 0 Å². The second kappa shape index (κ2) is 14.1. The molecule has 0 bridgehead atoms. The molecule has 12 heteroatoms. The van der Waals surface area contributed by atoms with Crippen molar-refractivity contribution in [2.45, 2.75) is 117 Å². The maximum Gasteiger partial charge on any atom is 0.302 e. The first-order chi connectivity index (χ1) is 16.0. The van der Waals surface area contributed by atoms with Gasteiger partial charge in [-0.25, -0.2) is 0 Å². The van der Waals surface area contributed by atoms with Crippen molar-refractivity contribution < 1.29 is 26.6 Å². The van der Waals surface area contributed by atoms with Crippen LogP contribution in [0.4, 0.5) is 0 Å². The molecule has 0 radical (unpaired) electrons. The fraction of sp³-hybridized carbons (Fsp3) is 0.875. The Morgan fingerprint density at radius 3 is 1.50 bits per heavy atom. The molecule has 0 aliphatic rings. The van der Waals surface area contributed by atoms with E-state index in [-0.39, 0.29) is 5.97 Å². The van der Waals surface area contributed by atoms with Gasteiger partial charge in [0, 0.05) is 13.5 Å². The van der Waals surface area contributed by atoms with Gasteiger partial charge in [-0.05, 0) is 110 Å². The number of rotatable bonds is 18. The van der Waals surface area contributed by atoms with E-state index in [9.17, 15) is 4.79 Å². The summed E-state index contributed by atoms with van der Waals surface area (Å²) in [7, 11) is -12.9. The lowest BCUT2D eigenvalue weighted by molar-refractivity contribution is -0.140. The standard InChI is InChI=1S/C24H58O6Si6/c1-23(2)22-26-18-16-21-36(34(12,13)28-31(4,5)6,35(14,15)29-32(7,8)9)30-33(10,11)20-17-19-27-24(3)25/h1,16-22H2,2-15H3. The van der Waals surface area contributed by atoms with Crippen molar-refractivity contribution in [1.29, 1.82) is 0 Å². The number of esters is 1. The minimum absolute atomic E-state index is 0.219. The molecule has 0 fully saturated rings. The third-order valence-electron chi connectivity index (χ3n) is 5.91. The highest BCUT2D eigenvalue weighted by Crippen LogP contribution is 2.41. The first kappa shape index (κ1) is 36.4. The van der Waals surface area contributed by atoms with Gasteiger partial charge in [-0.3, -0.25) is 4.79 Å². The fourth-order valence-corrected chi connectivity index (χ4v) is 72.3. The van der Waals surface area contributed by atoms with Crippen LogP contribution in [0.5, 0.6) is 0 Å². The molecule has 0 amide bonds. The van der Waals surface area contributed by atoms with E-state index in [1.54, 1.807) is 0 Å². The van der Waals surface area contributed by atoms with E-state index in [0.29, 0.717) is 19.8 Å². The molecular weight excluding hydrogens is 553 g/mol. The van der Waals surface area contributed by atoms with E-state index in [1.807, 2.05) is 6.92 Å². The molecule has 0 aliphatic heterocycles. The highest BCUT2D eigenvalue weighted by molar-refractivity contribution is 7.66. The predicted octanol–water partition coefficient (Wildman–Crippen LogP) is 7.36. The van der Waals surface area contributed by atoms with Gasteiger partial charge in [0.25, 0.3) is 0 Å². The Balaban J connectivity index is 6.45. The van der Waals surface area contributed by atoms with E-state index >= 15 is 0 Å². The van der Waals surface area contributed by atoms with Gasteiger partial charge in [0.05, 0.1) is 13.2 Å². The quantitative estimate of drug-likeness (QED) is 0.0699. The number of hydrogen-bond acceptors (Lipinski definition) is 6. The molecule has 0 spiro atoms. The summed E-state index contributed by atoms with van der Waals surface area (Å²) < 4.78 is 33.2. The maximum atomic E-state index is 11.3. The SMILES string of the molecule is C=C(C)COCCC[Si](O[Si](C)(C)CCCOC(C)=O)([Si](C)(C)O[Si](C)(C)C)[Si](C)(C)O[Si](C)(C)C.